The number of hydrogen-bond donors (Lipinski definition) is 2. The topological polar surface area (TPSA) is 36.4 Å². The van der Waals surface area contributed by atoms with Gasteiger partial charge in [-0.3, -0.25) is 4.99 Å². The van der Waals surface area contributed by atoms with Gasteiger partial charge in [0.2, 0.25) is 0 Å². The van der Waals surface area contributed by atoms with Crippen LogP contribution >= 0.6 is 0 Å². The molecule has 0 amide bonds. The Labute approximate surface area is 94.8 Å². The second kappa shape index (κ2) is 4.96. The maximum Gasteiger partial charge on any atom is 0.191 e. The Morgan fingerprint density at radius 1 is 1.50 bits per heavy atom. The number of benzene rings is 1. The third kappa shape index (κ3) is 2.72. The number of rotatable bonds is 2. The summed E-state index contributed by atoms with van der Waals surface area (Å²) in [5.74, 6) is 0.657. The smallest absolute Gasteiger partial charge is 0.191 e. The van der Waals surface area contributed by atoms with E-state index in [1.807, 2.05) is 6.07 Å². The molecular weight excluding hydrogens is 205 g/mol. The van der Waals surface area contributed by atoms with E-state index in [1.165, 1.54) is 0 Å². The first kappa shape index (κ1) is 10.9. The molecule has 1 aliphatic rings. The average Bonchev–Trinajstić information content (AvgIpc) is 2.32. The normalized spacial score (nSPS) is 15.2. The van der Waals surface area contributed by atoms with Crippen molar-refractivity contribution in [3.05, 3.63) is 35.1 Å². The van der Waals surface area contributed by atoms with Gasteiger partial charge >= 0.3 is 0 Å². The number of nitrogens with one attached hydrogen (secondary N) is 2. The predicted octanol–water partition coefficient (Wildman–Crippen LogP) is 1.57. The summed E-state index contributed by atoms with van der Waals surface area (Å²) in [6.07, 6.45) is 1.07. The third-order valence-corrected chi connectivity index (χ3v) is 2.59. The van der Waals surface area contributed by atoms with Crippen molar-refractivity contribution in [3.8, 4) is 0 Å². The molecule has 0 spiro atoms. The lowest BCUT2D eigenvalue weighted by atomic mass is 10.1. The summed E-state index contributed by atoms with van der Waals surface area (Å²) in [5.41, 5.74) is 1.61. The van der Waals surface area contributed by atoms with Crippen LogP contribution < -0.4 is 10.6 Å². The molecule has 0 aromatic heterocycles. The van der Waals surface area contributed by atoms with Gasteiger partial charge in [-0.25, -0.2) is 4.39 Å². The molecule has 0 radical (unpaired) electrons. The molecule has 86 valence electrons. The Morgan fingerprint density at radius 2 is 2.38 bits per heavy atom. The van der Waals surface area contributed by atoms with Crippen molar-refractivity contribution in [2.24, 2.45) is 4.99 Å². The molecule has 0 fully saturated rings. The summed E-state index contributed by atoms with van der Waals surface area (Å²) in [4.78, 5) is 4.29. The molecule has 0 aliphatic carbocycles. The first-order valence-electron chi connectivity index (χ1n) is 5.53. The molecular formula is C12H16FN3. The Bertz CT molecular complexity index is 401. The van der Waals surface area contributed by atoms with Crippen LogP contribution in [0.2, 0.25) is 0 Å². The van der Waals surface area contributed by atoms with Crippen LogP contribution in [0.3, 0.4) is 0 Å². The molecule has 1 aromatic rings. The van der Waals surface area contributed by atoms with E-state index < -0.39 is 0 Å². The highest BCUT2D eigenvalue weighted by Gasteiger charge is 2.04. The zero-order chi connectivity index (χ0) is 11.4. The molecule has 3 nitrogen and oxygen atoms in total. The van der Waals surface area contributed by atoms with E-state index in [2.05, 4.69) is 15.6 Å². The summed E-state index contributed by atoms with van der Waals surface area (Å²) in [6, 6.07) is 5.28. The van der Waals surface area contributed by atoms with Crippen LogP contribution in [0.5, 0.6) is 0 Å². The molecule has 0 saturated carbocycles. The van der Waals surface area contributed by atoms with E-state index in [9.17, 15) is 4.39 Å². The lowest BCUT2D eigenvalue weighted by Gasteiger charge is -2.16. The minimum absolute atomic E-state index is 0.155. The zero-order valence-electron chi connectivity index (χ0n) is 9.39. The lowest BCUT2D eigenvalue weighted by Crippen LogP contribution is -2.40. The van der Waals surface area contributed by atoms with Crippen molar-refractivity contribution in [1.29, 1.82) is 0 Å². The number of halogens is 1. The van der Waals surface area contributed by atoms with Gasteiger partial charge in [-0.15, -0.1) is 0 Å². The Kier molecular flexibility index (Phi) is 3.39. The van der Waals surface area contributed by atoms with Crippen LogP contribution in [-0.4, -0.2) is 19.0 Å². The van der Waals surface area contributed by atoms with Crippen LogP contribution in [0, 0.1) is 12.7 Å². The van der Waals surface area contributed by atoms with Crippen molar-refractivity contribution in [2.45, 2.75) is 19.9 Å². The second-order valence-corrected chi connectivity index (χ2v) is 3.95. The van der Waals surface area contributed by atoms with Gasteiger partial charge < -0.3 is 10.6 Å². The van der Waals surface area contributed by atoms with Gasteiger partial charge in [-0.2, -0.15) is 0 Å². The fraction of sp³-hybridized carbons (Fsp3) is 0.417. The molecule has 4 heteroatoms. The first-order chi connectivity index (χ1) is 7.75. The Balaban J connectivity index is 1.94. The fourth-order valence-corrected chi connectivity index (χ4v) is 1.58. The molecule has 0 atom stereocenters. The van der Waals surface area contributed by atoms with Crippen LogP contribution in [0.4, 0.5) is 4.39 Å². The van der Waals surface area contributed by atoms with E-state index in [4.69, 9.17) is 0 Å². The molecule has 2 N–H and O–H groups in total. The van der Waals surface area contributed by atoms with Crippen molar-refractivity contribution in [1.82, 2.24) is 10.6 Å². The monoisotopic (exact) mass is 221 g/mol. The van der Waals surface area contributed by atoms with Crippen LogP contribution in [0.25, 0.3) is 0 Å². The number of guanidine groups is 1. The lowest BCUT2D eigenvalue weighted by molar-refractivity contribution is 0.615. The standard InChI is InChI=1S/C12H16FN3/c1-9-3-4-10(7-11(9)13)8-16-12-14-5-2-6-15-12/h3-4,7H,2,5-6,8H2,1H3,(H2,14,15,16). The fourth-order valence-electron chi connectivity index (χ4n) is 1.58. The van der Waals surface area contributed by atoms with Gasteiger partial charge in [0.25, 0.3) is 0 Å². The number of aliphatic imine (C=N–C) groups is 1. The molecule has 0 bridgehead atoms. The SMILES string of the molecule is Cc1ccc(CNC2=NCCCN2)cc1F. The largest absolute Gasteiger partial charge is 0.356 e. The molecule has 1 aromatic carbocycles. The van der Waals surface area contributed by atoms with Crippen molar-refractivity contribution < 1.29 is 4.39 Å². The van der Waals surface area contributed by atoms with E-state index in [1.54, 1.807) is 19.1 Å². The van der Waals surface area contributed by atoms with Gasteiger partial charge in [-0.1, -0.05) is 12.1 Å². The first-order valence-corrected chi connectivity index (χ1v) is 5.53. The summed E-state index contributed by atoms with van der Waals surface area (Å²) < 4.78 is 13.3. The quantitative estimate of drug-likeness (QED) is 0.795. The summed E-state index contributed by atoms with van der Waals surface area (Å²) in [7, 11) is 0. The maximum atomic E-state index is 13.3. The van der Waals surface area contributed by atoms with Gasteiger partial charge in [0.1, 0.15) is 5.82 Å². The zero-order valence-corrected chi connectivity index (χ0v) is 9.39. The van der Waals surface area contributed by atoms with Crippen molar-refractivity contribution in [2.75, 3.05) is 13.1 Å². The van der Waals surface area contributed by atoms with Crippen LogP contribution in [0.1, 0.15) is 17.5 Å². The Morgan fingerprint density at radius 3 is 3.06 bits per heavy atom. The van der Waals surface area contributed by atoms with Gasteiger partial charge in [0.05, 0.1) is 0 Å². The highest BCUT2D eigenvalue weighted by molar-refractivity contribution is 5.80. The highest BCUT2D eigenvalue weighted by Crippen LogP contribution is 2.08. The van der Waals surface area contributed by atoms with Gasteiger partial charge in [0, 0.05) is 19.6 Å². The van der Waals surface area contributed by atoms with Crippen LogP contribution in [0.15, 0.2) is 23.2 Å². The minimum atomic E-state index is -0.155. The van der Waals surface area contributed by atoms with Gasteiger partial charge in [0.15, 0.2) is 5.96 Å². The average molecular weight is 221 g/mol. The molecule has 1 heterocycles. The van der Waals surface area contributed by atoms with Gasteiger partial charge in [-0.05, 0) is 30.5 Å². The molecule has 0 saturated heterocycles. The second-order valence-electron chi connectivity index (χ2n) is 3.95. The molecule has 0 unspecified atom stereocenters. The highest BCUT2D eigenvalue weighted by atomic mass is 19.1. The Hall–Kier alpha value is -1.58. The van der Waals surface area contributed by atoms with E-state index in [0.29, 0.717) is 12.1 Å². The third-order valence-electron chi connectivity index (χ3n) is 2.59. The molecule has 16 heavy (non-hydrogen) atoms. The number of aryl methyl sites for hydroxylation is 1. The molecule has 2 rings (SSSR count). The molecule has 1 aliphatic heterocycles. The van der Waals surface area contributed by atoms with E-state index >= 15 is 0 Å². The minimum Gasteiger partial charge on any atom is -0.356 e. The van der Waals surface area contributed by atoms with E-state index in [-0.39, 0.29) is 5.82 Å². The van der Waals surface area contributed by atoms with Crippen LogP contribution in [-0.2, 0) is 6.54 Å². The predicted molar refractivity (Wildman–Crippen MR) is 62.9 cm³/mol. The van der Waals surface area contributed by atoms with Crippen molar-refractivity contribution in [3.63, 3.8) is 0 Å². The maximum absolute atomic E-state index is 13.3. The summed E-state index contributed by atoms with van der Waals surface area (Å²) in [6.45, 7) is 4.17. The summed E-state index contributed by atoms with van der Waals surface area (Å²) in [5, 5.41) is 6.32. The van der Waals surface area contributed by atoms with Crippen molar-refractivity contribution >= 4 is 5.96 Å². The van der Waals surface area contributed by atoms with E-state index in [0.717, 1.165) is 31.0 Å². The number of nitrogens with zero attached hydrogens (tertiary/aromatic N) is 1. The number of hydrogen-bond acceptors (Lipinski definition) is 3. The summed E-state index contributed by atoms with van der Waals surface area (Å²) >= 11 is 0.